The molecule has 0 aliphatic carbocycles. The molecule has 0 fully saturated rings. The van der Waals surface area contributed by atoms with Crippen LogP contribution in [0.15, 0.2) is 24.3 Å². The summed E-state index contributed by atoms with van der Waals surface area (Å²) in [5.41, 5.74) is 10.0. The van der Waals surface area contributed by atoms with E-state index in [-0.39, 0.29) is 11.8 Å². The van der Waals surface area contributed by atoms with Crippen LogP contribution >= 0.6 is 0 Å². The Morgan fingerprint density at radius 1 is 1.32 bits per heavy atom. The predicted molar refractivity (Wildman–Crippen MR) is 94.2 cm³/mol. The number of anilines is 1. The highest BCUT2D eigenvalue weighted by Crippen LogP contribution is 2.27. The summed E-state index contributed by atoms with van der Waals surface area (Å²) in [4.78, 5) is 29.8. The van der Waals surface area contributed by atoms with E-state index in [4.69, 9.17) is 5.73 Å². The Hall–Kier alpha value is -3.09. The molecule has 0 spiro atoms. The largest absolute Gasteiger partial charge is 0.382 e. The van der Waals surface area contributed by atoms with Crippen LogP contribution in [0.1, 0.15) is 34.2 Å². The van der Waals surface area contributed by atoms with E-state index >= 15 is 0 Å². The van der Waals surface area contributed by atoms with Gasteiger partial charge in [-0.3, -0.25) is 9.59 Å². The van der Waals surface area contributed by atoms with Gasteiger partial charge < -0.3 is 15.6 Å². The van der Waals surface area contributed by atoms with Gasteiger partial charge in [-0.2, -0.15) is 4.68 Å². The second-order valence-corrected chi connectivity index (χ2v) is 6.44. The number of fused-ring (bicyclic) bond motifs is 2. The lowest BCUT2D eigenvalue weighted by molar-refractivity contribution is -0.129. The Morgan fingerprint density at radius 2 is 2.12 bits per heavy atom. The van der Waals surface area contributed by atoms with Crippen LogP contribution in [0.2, 0.25) is 0 Å². The molecule has 0 saturated heterocycles. The van der Waals surface area contributed by atoms with Gasteiger partial charge in [0.1, 0.15) is 5.82 Å². The number of hydrogen-bond donors (Lipinski definition) is 2. The fourth-order valence-electron chi connectivity index (χ4n) is 3.48. The van der Waals surface area contributed by atoms with Gasteiger partial charge in [-0.25, -0.2) is 0 Å². The normalized spacial score (nSPS) is 13.9. The summed E-state index contributed by atoms with van der Waals surface area (Å²) in [6.45, 7) is 4.43. The average Bonchev–Trinajstić information content (AvgIpc) is 3.13. The maximum Gasteiger partial charge on any atom is 0.279 e. The molecule has 3 N–H and O–H groups in total. The van der Waals surface area contributed by atoms with Crippen molar-refractivity contribution < 1.29 is 9.59 Å². The first-order valence-electron chi connectivity index (χ1n) is 8.20. The first-order chi connectivity index (χ1) is 12.0. The van der Waals surface area contributed by atoms with Crippen molar-refractivity contribution in [3.05, 3.63) is 46.8 Å². The van der Waals surface area contributed by atoms with Gasteiger partial charge in [0.15, 0.2) is 0 Å². The molecule has 2 aromatic heterocycles. The molecule has 1 aromatic carbocycles. The van der Waals surface area contributed by atoms with Crippen LogP contribution < -0.4 is 5.73 Å². The maximum absolute atomic E-state index is 13.2. The van der Waals surface area contributed by atoms with Crippen LogP contribution in [0.3, 0.4) is 0 Å². The van der Waals surface area contributed by atoms with Gasteiger partial charge in [0.25, 0.3) is 5.91 Å². The van der Waals surface area contributed by atoms with E-state index in [1.54, 1.807) is 11.0 Å². The number of carbonyl (C=O) groups is 2. The molecule has 1 amide bonds. The van der Waals surface area contributed by atoms with E-state index in [1.165, 1.54) is 11.6 Å². The first-order valence-corrected chi connectivity index (χ1v) is 8.20. The number of aromatic amines is 1. The number of aromatic nitrogens is 3. The standard InChI is InChI=1S/C18H19N5O2/c1-10-8-14-12(4-3-5-15(14)20-10)18(25)23-16-9-22(11(2)24)7-6-13(16)17(19)21-23/h3-5,8,20H,6-7,9H2,1-2H3,(H2,19,21). The number of amides is 1. The summed E-state index contributed by atoms with van der Waals surface area (Å²) in [6, 6.07) is 7.51. The predicted octanol–water partition coefficient (Wildman–Crippen LogP) is 1.85. The first kappa shape index (κ1) is 15.4. The van der Waals surface area contributed by atoms with Crippen molar-refractivity contribution in [2.45, 2.75) is 26.8 Å². The Bertz CT molecular complexity index is 1010. The minimum Gasteiger partial charge on any atom is -0.382 e. The third-order valence-electron chi connectivity index (χ3n) is 4.76. The zero-order chi connectivity index (χ0) is 17.7. The van der Waals surface area contributed by atoms with Gasteiger partial charge in [-0.15, -0.1) is 5.10 Å². The third kappa shape index (κ3) is 2.39. The number of aryl methyl sites for hydroxylation is 1. The van der Waals surface area contributed by atoms with Crippen molar-refractivity contribution in [1.82, 2.24) is 19.7 Å². The van der Waals surface area contributed by atoms with Crippen molar-refractivity contribution in [1.29, 1.82) is 0 Å². The van der Waals surface area contributed by atoms with Gasteiger partial charge in [0, 0.05) is 35.6 Å². The molecule has 1 aliphatic heterocycles. The van der Waals surface area contributed by atoms with Gasteiger partial charge >= 0.3 is 0 Å². The van der Waals surface area contributed by atoms with Crippen molar-refractivity contribution in [3.63, 3.8) is 0 Å². The molecule has 0 bridgehead atoms. The van der Waals surface area contributed by atoms with Crippen LogP contribution in [0.4, 0.5) is 5.82 Å². The number of hydrogen-bond acceptors (Lipinski definition) is 4. The van der Waals surface area contributed by atoms with E-state index in [2.05, 4.69) is 10.1 Å². The van der Waals surface area contributed by atoms with E-state index in [0.29, 0.717) is 36.6 Å². The molecular formula is C18H19N5O2. The van der Waals surface area contributed by atoms with Crippen LogP contribution in [0, 0.1) is 6.92 Å². The smallest absolute Gasteiger partial charge is 0.279 e. The Balaban J connectivity index is 1.82. The summed E-state index contributed by atoms with van der Waals surface area (Å²) in [5.74, 6) is 0.111. The second kappa shape index (κ2) is 5.47. The molecule has 3 heterocycles. The van der Waals surface area contributed by atoms with Gasteiger partial charge in [0.05, 0.1) is 17.8 Å². The summed E-state index contributed by atoms with van der Waals surface area (Å²) >= 11 is 0. The van der Waals surface area contributed by atoms with Crippen LogP contribution in [0.5, 0.6) is 0 Å². The average molecular weight is 337 g/mol. The molecule has 0 unspecified atom stereocenters. The van der Waals surface area contributed by atoms with Crippen LogP contribution in [-0.2, 0) is 17.8 Å². The fourth-order valence-corrected chi connectivity index (χ4v) is 3.48. The quantitative estimate of drug-likeness (QED) is 0.708. The molecule has 0 saturated carbocycles. The highest BCUT2D eigenvalue weighted by molar-refractivity contribution is 6.07. The molecular weight excluding hydrogens is 318 g/mol. The Morgan fingerprint density at radius 3 is 2.88 bits per heavy atom. The number of nitrogens with zero attached hydrogens (tertiary/aromatic N) is 3. The number of nitrogens with one attached hydrogen (secondary N) is 1. The monoisotopic (exact) mass is 337 g/mol. The minimum atomic E-state index is -0.233. The fraction of sp³-hybridized carbons (Fsp3) is 0.278. The highest BCUT2D eigenvalue weighted by atomic mass is 16.2. The third-order valence-corrected chi connectivity index (χ3v) is 4.76. The Kier molecular flexibility index (Phi) is 3.38. The van der Waals surface area contributed by atoms with Crippen molar-refractivity contribution >= 4 is 28.5 Å². The van der Waals surface area contributed by atoms with E-state index < -0.39 is 0 Å². The zero-order valence-corrected chi connectivity index (χ0v) is 14.2. The lowest BCUT2D eigenvalue weighted by Crippen LogP contribution is -2.36. The number of rotatable bonds is 1. The topological polar surface area (TPSA) is 97.0 Å². The number of carbonyl (C=O) groups excluding carboxylic acids is 2. The summed E-state index contributed by atoms with van der Waals surface area (Å²) < 4.78 is 1.36. The zero-order valence-electron chi connectivity index (χ0n) is 14.2. The number of H-pyrrole nitrogens is 1. The molecule has 128 valence electrons. The van der Waals surface area contributed by atoms with E-state index in [9.17, 15) is 9.59 Å². The lowest BCUT2D eigenvalue weighted by atomic mass is 10.1. The second-order valence-electron chi connectivity index (χ2n) is 6.44. The van der Waals surface area contributed by atoms with Crippen LogP contribution in [-0.4, -0.2) is 38.0 Å². The summed E-state index contributed by atoms with van der Waals surface area (Å²) in [5, 5.41) is 5.13. The van der Waals surface area contributed by atoms with Crippen molar-refractivity contribution in [2.75, 3.05) is 12.3 Å². The van der Waals surface area contributed by atoms with Crippen molar-refractivity contribution in [2.24, 2.45) is 0 Å². The van der Waals surface area contributed by atoms with Gasteiger partial charge in [0.2, 0.25) is 5.91 Å². The number of nitrogen functional groups attached to an aromatic ring is 1. The number of benzene rings is 1. The molecule has 25 heavy (non-hydrogen) atoms. The highest BCUT2D eigenvalue weighted by Gasteiger charge is 2.28. The summed E-state index contributed by atoms with van der Waals surface area (Å²) in [7, 11) is 0. The SMILES string of the molecule is CC(=O)N1CCc2c(N)nn(C(=O)c3cccc4[nH]c(C)cc34)c2C1. The molecule has 7 heteroatoms. The van der Waals surface area contributed by atoms with Gasteiger partial charge in [-0.1, -0.05) is 6.07 Å². The maximum atomic E-state index is 13.2. The van der Waals surface area contributed by atoms with E-state index in [1.807, 2.05) is 25.1 Å². The molecule has 1 aliphatic rings. The number of nitrogens with two attached hydrogens (primary N) is 1. The molecule has 4 rings (SSSR count). The Labute approximate surface area is 144 Å². The van der Waals surface area contributed by atoms with E-state index in [0.717, 1.165) is 22.2 Å². The minimum absolute atomic E-state index is 0.0206. The molecule has 3 aromatic rings. The summed E-state index contributed by atoms with van der Waals surface area (Å²) in [6.07, 6.45) is 0.613. The van der Waals surface area contributed by atoms with Crippen molar-refractivity contribution in [3.8, 4) is 0 Å². The van der Waals surface area contributed by atoms with Gasteiger partial charge in [-0.05, 0) is 31.5 Å². The molecule has 0 atom stereocenters. The molecule has 0 radical (unpaired) electrons. The lowest BCUT2D eigenvalue weighted by Gasteiger charge is -2.26. The molecule has 7 nitrogen and oxygen atoms in total. The van der Waals surface area contributed by atoms with Crippen LogP contribution in [0.25, 0.3) is 10.9 Å².